The Morgan fingerprint density at radius 2 is 2.00 bits per heavy atom. The van der Waals surface area contributed by atoms with E-state index in [0.29, 0.717) is 25.0 Å². The molecule has 0 bridgehead atoms. The molecule has 8 nitrogen and oxygen atoms in total. The fraction of sp³-hybridized carbons (Fsp3) is 0.450. The number of carbonyl (C=O) groups excluding carboxylic acids is 1. The van der Waals surface area contributed by atoms with Crippen molar-refractivity contribution in [1.82, 2.24) is 20.5 Å². The highest BCUT2D eigenvalue weighted by molar-refractivity contribution is 14.0. The van der Waals surface area contributed by atoms with Gasteiger partial charge in [0.1, 0.15) is 6.26 Å². The standard InChI is InChI=1S/C20H28N6O2.HI/c1-14-3-5-15(6-4-14)19-24-17(13-28-19)11-23-20(22-2)25-16-7-9-26(10-8-16)12-18(21)27;/h3-6,13,16H,7-12H2,1-2H3,(H2,21,27)(H2,22,23,25);1H. The van der Waals surface area contributed by atoms with Crippen LogP contribution in [0.4, 0.5) is 0 Å². The second-order valence-electron chi connectivity index (χ2n) is 7.10. The van der Waals surface area contributed by atoms with E-state index >= 15 is 0 Å². The summed E-state index contributed by atoms with van der Waals surface area (Å²) in [6, 6.07) is 8.40. The van der Waals surface area contributed by atoms with E-state index in [4.69, 9.17) is 10.2 Å². The van der Waals surface area contributed by atoms with Crippen molar-refractivity contribution in [1.29, 1.82) is 0 Å². The van der Waals surface area contributed by atoms with E-state index in [1.54, 1.807) is 13.3 Å². The largest absolute Gasteiger partial charge is 0.444 e. The molecule has 1 saturated heterocycles. The molecule has 0 atom stereocenters. The van der Waals surface area contributed by atoms with Crippen LogP contribution in [0.5, 0.6) is 0 Å². The van der Waals surface area contributed by atoms with Crippen molar-refractivity contribution < 1.29 is 9.21 Å². The molecular formula is C20H29IN6O2. The number of aryl methyl sites for hydroxylation is 1. The first-order chi connectivity index (χ1) is 13.5. The van der Waals surface area contributed by atoms with Gasteiger partial charge < -0.3 is 20.8 Å². The number of likely N-dealkylation sites (tertiary alicyclic amines) is 1. The summed E-state index contributed by atoms with van der Waals surface area (Å²) in [6.07, 6.45) is 3.54. The van der Waals surface area contributed by atoms with E-state index < -0.39 is 0 Å². The Labute approximate surface area is 188 Å². The fourth-order valence-electron chi connectivity index (χ4n) is 3.23. The number of primary amides is 1. The van der Waals surface area contributed by atoms with Crippen LogP contribution in [0.1, 0.15) is 24.1 Å². The van der Waals surface area contributed by atoms with Crippen molar-refractivity contribution in [3.05, 3.63) is 41.8 Å². The lowest BCUT2D eigenvalue weighted by Crippen LogP contribution is -2.49. The molecule has 1 aliphatic rings. The molecule has 9 heteroatoms. The lowest BCUT2D eigenvalue weighted by molar-refractivity contribution is -0.119. The van der Waals surface area contributed by atoms with Gasteiger partial charge in [-0.25, -0.2) is 4.98 Å². The van der Waals surface area contributed by atoms with Gasteiger partial charge in [-0.3, -0.25) is 14.7 Å². The first kappa shape index (κ1) is 23.1. The number of hydrogen-bond acceptors (Lipinski definition) is 5. The monoisotopic (exact) mass is 512 g/mol. The Kier molecular flexibility index (Phi) is 8.90. The molecule has 2 aromatic rings. The molecule has 0 unspecified atom stereocenters. The van der Waals surface area contributed by atoms with Crippen LogP contribution in [0.2, 0.25) is 0 Å². The minimum Gasteiger partial charge on any atom is -0.444 e. The van der Waals surface area contributed by atoms with Gasteiger partial charge in [-0.2, -0.15) is 0 Å². The van der Waals surface area contributed by atoms with Crippen molar-refractivity contribution in [2.45, 2.75) is 32.4 Å². The Morgan fingerprint density at radius 3 is 2.62 bits per heavy atom. The number of aromatic nitrogens is 1. The van der Waals surface area contributed by atoms with Crippen molar-refractivity contribution in [3.63, 3.8) is 0 Å². The number of aliphatic imine (C=N–C) groups is 1. The van der Waals surface area contributed by atoms with Crippen molar-refractivity contribution in [3.8, 4) is 11.5 Å². The van der Waals surface area contributed by atoms with Gasteiger partial charge in [0.15, 0.2) is 5.96 Å². The van der Waals surface area contributed by atoms with Crippen molar-refractivity contribution >= 4 is 35.8 Å². The van der Waals surface area contributed by atoms with Crippen molar-refractivity contribution in [2.24, 2.45) is 10.7 Å². The van der Waals surface area contributed by atoms with Crippen LogP contribution in [0, 0.1) is 6.92 Å². The van der Waals surface area contributed by atoms with E-state index in [9.17, 15) is 4.79 Å². The van der Waals surface area contributed by atoms with Crippen LogP contribution in [-0.2, 0) is 11.3 Å². The van der Waals surface area contributed by atoms with Crippen LogP contribution in [0.15, 0.2) is 39.9 Å². The average molecular weight is 512 g/mol. The molecule has 1 amide bonds. The number of benzene rings is 1. The molecule has 158 valence electrons. The zero-order chi connectivity index (χ0) is 19.9. The minimum absolute atomic E-state index is 0. The summed E-state index contributed by atoms with van der Waals surface area (Å²) < 4.78 is 5.60. The number of amides is 1. The lowest BCUT2D eigenvalue weighted by Gasteiger charge is -2.32. The molecule has 3 rings (SSSR count). The average Bonchev–Trinajstić information content (AvgIpc) is 3.15. The van der Waals surface area contributed by atoms with Crippen molar-refractivity contribution in [2.75, 3.05) is 26.7 Å². The molecule has 1 fully saturated rings. The fourth-order valence-corrected chi connectivity index (χ4v) is 3.23. The summed E-state index contributed by atoms with van der Waals surface area (Å²) in [5, 5.41) is 6.71. The molecule has 1 aromatic carbocycles. The van der Waals surface area contributed by atoms with Gasteiger partial charge >= 0.3 is 0 Å². The maximum Gasteiger partial charge on any atom is 0.231 e. The smallest absolute Gasteiger partial charge is 0.231 e. The van der Waals surface area contributed by atoms with Crippen LogP contribution in [0.25, 0.3) is 11.5 Å². The highest BCUT2D eigenvalue weighted by atomic mass is 127. The first-order valence-corrected chi connectivity index (χ1v) is 9.53. The van der Waals surface area contributed by atoms with E-state index in [2.05, 4.69) is 32.4 Å². The summed E-state index contributed by atoms with van der Waals surface area (Å²) in [7, 11) is 1.75. The number of nitrogens with two attached hydrogens (primary N) is 1. The number of hydrogen-bond donors (Lipinski definition) is 3. The molecule has 0 spiro atoms. The van der Waals surface area contributed by atoms with Crippen LogP contribution in [-0.4, -0.2) is 54.5 Å². The Balaban J connectivity index is 0.00000300. The molecule has 4 N–H and O–H groups in total. The topological polar surface area (TPSA) is 109 Å². The van der Waals surface area contributed by atoms with E-state index in [0.717, 1.165) is 43.1 Å². The second kappa shape index (κ2) is 11.1. The summed E-state index contributed by atoms with van der Waals surface area (Å²) in [4.78, 5) is 21.9. The summed E-state index contributed by atoms with van der Waals surface area (Å²) in [5.74, 6) is 1.07. The zero-order valence-electron chi connectivity index (χ0n) is 16.9. The van der Waals surface area contributed by atoms with Gasteiger partial charge in [0.2, 0.25) is 11.8 Å². The molecule has 29 heavy (non-hydrogen) atoms. The SMILES string of the molecule is CN=C(NCc1coc(-c2ccc(C)cc2)n1)NC1CCN(CC(N)=O)CC1.I. The molecular weight excluding hydrogens is 483 g/mol. The van der Waals surface area contributed by atoms with Gasteiger partial charge in [-0.05, 0) is 31.9 Å². The number of carbonyl (C=O) groups is 1. The van der Waals surface area contributed by atoms with Gasteiger partial charge in [0.25, 0.3) is 0 Å². The van der Waals surface area contributed by atoms with Crippen LogP contribution < -0.4 is 16.4 Å². The third-order valence-electron chi connectivity index (χ3n) is 4.82. The predicted molar refractivity (Wildman–Crippen MR) is 124 cm³/mol. The maximum absolute atomic E-state index is 11.0. The third-order valence-corrected chi connectivity index (χ3v) is 4.82. The first-order valence-electron chi connectivity index (χ1n) is 9.53. The summed E-state index contributed by atoms with van der Waals surface area (Å²) >= 11 is 0. The van der Waals surface area contributed by atoms with Gasteiger partial charge in [0.05, 0.1) is 18.8 Å². The highest BCUT2D eigenvalue weighted by Gasteiger charge is 2.20. The number of oxazole rings is 1. The van der Waals surface area contributed by atoms with Crippen LogP contribution >= 0.6 is 24.0 Å². The molecule has 2 heterocycles. The normalized spacial score (nSPS) is 15.6. The summed E-state index contributed by atoms with van der Waals surface area (Å²) in [5.41, 5.74) is 8.24. The van der Waals surface area contributed by atoms with E-state index in [1.165, 1.54) is 5.56 Å². The minimum atomic E-state index is -0.276. The second-order valence-corrected chi connectivity index (χ2v) is 7.10. The number of guanidine groups is 1. The molecule has 1 aromatic heterocycles. The molecule has 0 saturated carbocycles. The maximum atomic E-state index is 11.0. The molecule has 0 radical (unpaired) electrons. The van der Waals surface area contributed by atoms with E-state index in [1.807, 2.05) is 24.3 Å². The quantitative estimate of drug-likeness (QED) is 0.310. The number of piperidine rings is 1. The van der Waals surface area contributed by atoms with Crippen LogP contribution in [0.3, 0.4) is 0 Å². The Morgan fingerprint density at radius 1 is 1.31 bits per heavy atom. The molecule has 0 aliphatic carbocycles. The Hall–Kier alpha value is -2.14. The van der Waals surface area contributed by atoms with Gasteiger partial charge in [0, 0.05) is 31.7 Å². The van der Waals surface area contributed by atoms with Gasteiger partial charge in [-0.15, -0.1) is 24.0 Å². The summed E-state index contributed by atoms with van der Waals surface area (Å²) in [6.45, 7) is 4.60. The Bertz CT molecular complexity index is 813. The number of halogens is 1. The third kappa shape index (κ3) is 7.00. The number of nitrogens with one attached hydrogen (secondary N) is 2. The predicted octanol–water partition coefficient (Wildman–Crippen LogP) is 1.88. The zero-order valence-corrected chi connectivity index (χ0v) is 19.2. The number of rotatable bonds is 6. The van der Waals surface area contributed by atoms with E-state index in [-0.39, 0.29) is 29.9 Å². The highest BCUT2D eigenvalue weighted by Crippen LogP contribution is 2.19. The van der Waals surface area contributed by atoms with Gasteiger partial charge in [-0.1, -0.05) is 17.7 Å². The molecule has 1 aliphatic heterocycles. The lowest BCUT2D eigenvalue weighted by atomic mass is 10.1. The number of nitrogens with zero attached hydrogens (tertiary/aromatic N) is 3.